The van der Waals surface area contributed by atoms with Gasteiger partial charge in [-0.1, -0.05) is 214 Å². The number of benzene rings is 6. The van der Waals surface area contributed by atoms with Crippen LogP contribution in [0.2, 0.25) is 0 Å². The number of nitrogen functional groups attached to an aromatic ring is 1. The summed E-state index contributed by atoms with van der Waals surface area (Å²) in [6, 6.07) is 39.1. The van der Waals surface area contributed by atoms with E-state index in [9.17, 15) is 29.1 Å². The fraction of sp³-hybridized carbons (Fsp3) is 0.128. The second-order valence-corrected chi connectivity index (χ2v) is 21.5. The van der Waals surface area contributed by atoms with Gasteiger partial charge in [0.2, 0.25) is 7.59 Å². The third-order valence-electron chi connectivity index (χ3n) is 10.1. The van der Waals surface area contributed by atoms with Crippen molar-refractivity contribution in [3.63, 3.8) is 0 Å². The molecule has 0 radical (unpaired) electrons. The lowest BCUT2D eigenvalue weighted by atomic mass is 10.0. The fourth-order valence-corrected chi connectivity index (χ4v) is 7.54. The van der Waals surface area contributed by atoms with Crippen LogP contribution in [0, 0.1) is 0 Å². The third-order valence-corrected chi connectivity index (χ3v) is 12.4. The van der Waals surface area contributed by atoms with Crippen molar-refractivity contribution >= 4 is 150 Å². The number of carbonyl (C=O) groups excluding carboxylic acids is 5. The van der Waals surface area contributed by atoms with E-state index in [1.807, 2.05) is 97.1 Å². The summed E-state index contributed by atoms with van der Waals surface area (Å²) in [4.78, 5) is 57.7. The number of fused-ring (bicyclic) bond motifs is 9. The zero-order chi connectivity index (χ0) is 46.9. The lowest BCUT2D eigenvalue weighted by Gasteiger charge is -2.11. The van der Waals surface area contributed by atoms with Crippen molar-refractivity contribution in [2.75, 3.05) is 5.73 Å². The topological polar surface area (TPSA) is 132 Å². The normalized spacial score (nSPS) is 13.8. The molecule has 0 saturated heterocycles. The van der Waals surface area contributed by atoms with Crippen LogP contribution in [0.15, 0.2) is 127 Å². The molecule has 3 N–H and O–H groups in total. The van der Waals surface area contributed by atoms with Gasteiger partial charge >= 0.3 is 0 Å². The Morgan fingerprint density at radius 1 is 0.453 bits per heavy atom. The first-order valence-corrected chi connectivity index (χ1v) is 22.4. The highest BCUT2D eigenvalue weighted by Crippen LogP contribution is 2.44. The molecule has 0 fully saturated rings. The molecule has 9 rings (SSSR count). The molecule has 64 heavy (non-hydrogen) atoms. The molecular formula is C47H29Cl10NO6. The second kappa shape index (κ2) is 20.1. The number of alkyl halides is 9. The number of halogens is 10. The van der Waals surface area contributed by atoms with Gasteiger partial charge in [-0.25, -0.2) is 0 Å². The van der Waals surface area contributed by atoms with Gasteiger partial charge in [0, 0.05) is 40.8 Å². The maximum Gasteiger partial charge on any atom is 0.273 e. The number of aliphatic hydroxyl groups excluding tert-OH is 1. The molecule has 0 amide bonds. The van der Waals surface area contributed by atoms with E-state index in [1.165, 1.54) is 0 Å². The van der Waals surface area contributed by atoms with Crippen LogP contribution in [0.4, 0.5) is 5.69 Å². The zero-order valence-corrected chi connectivity index (χ0v) is 40.0. The van der Waals surface area contributed by atoms with Crippen LogP contribution in [0.5, 0.6) is 0 Å². The molecule has 328 valence electrons. The molecule has 0 aromatic heterocycles. The quantitative estimate of drug-likeness (QED) is 0.102. The maximum absolute atomic E-state index is 12.4. The average molecular weight is 1060 g/mol. The molecule has 0 heterocycles. The van der Waals surface area contributed by atoms with E-state index in [0.717, 1.165) is 61.2 Å². The van der Waals surface area contributed by atoms with Gasteiger partial charge in [0.25, 0.3) is 9.03 Å². The van der Waals surface area contributed by atoms with Gasteiger partial charge in [0.05, 0.1) is 0 Å². The zero-order valence-electron chi connectivity index (χ0n) is 32.5. The van der Waals surface area contributed by atoms with Crippen molar-refractivity contribution in [2.24, 2.45) is 0 Å². The van der Waals surface area contributed by atoms with Crippen LogP contribution in [0.1, 0.15) is 60.2 Å². The van der Waals surface area contributed by atoms with E-state index in [1.54, 1.807) is 30.3 Å². The number of ketones is 4. The van der Waals surface area contributed by atoms with Crippen LogP contribution in [-0.4, -0.2) is 44.9 Å². The van der Waals surface area contributed by atoms with Gasteiger partial charge in [-0.15, -0.1) is 0 Å². The van der Waals surface area contributed by atoms with Crippen LogP contribution < -0.4 is 5.73 Å². The first-order valence-electron chi connectivity index (χ1n) is 18.6. The highest BCUT2D eigenvalue weighted by molar-refractivity contribution is 6.88. The molecule has 1 atom stereocenters. The minimum atomic E-state index is -1.96. The van der Waals surface area contributed by atoms with Crippen LogP contribution in [-0.2, 0) is 27.2 Å². The summed E-state index contributed by atoms with van der Waals surface area (Å²) < 4.78 is -5.81. The van der Waals surface area contributed by atoms with Crippen LogP contribution in [0.3, 0.4) is 0 Å². The molecule has 1 unspecified atom stereocenters. The largest absolute Gasteiger partial charge is 0.399 e. The molecule has 6 aromatic rings. The summed E-state index contributed by atoms with van der Waals surface area (Å²) in [5.74, 6) is -0.968. The Kier molecular flexibility index (Phi) is 15.6. The van der Waals surface area contributed by atoms with Crippen LogP contribution >= 0.6 is 116 Å². The minimum absolute atomic E-state index is 0.0204. The number of hydrogen-bond acceptors (Lipinski definition) is 7. The van der Waals surface area contributed by atoms with Crippen molar-refractivity contribution in [3.05, 3.63) is 172 Å². The summed E-state index contributed by atoms with van der Waals surface area (Å²) in [7, 11) is 0. The Bertz CT molecular complexity index is 2850. The first kappa shape index (κ1) is 49.8. The Labute approximate surface area is 417 Å². The number of nitrogens with two attached hydrogens (primary N) is 1. The van der Waals surface area contributed by atoms with Crippen molar-refractivity contribution in [2.45, 2.75) is 30.3 Å². The van der Waals surface area contributed by atoms with E-state index < -0.39 is 34.3 Å². The lowest BCUT2D eigenvalue weighted by molar-refractivity contribution is -0.118. The highest BCUT2D eigenvalue weighted by atomic mass is 35.6. The Morgan fingerprint density at radius 3 is 1.28 bits per heavy atom. The molecule has 7 nitrogen and oxygen atoms in total. The fourth-order valence-electron chi connectivity index (χ4n) is 7.14. The lowest BCUT2D eigenvalue weighted by Crippen LogP contribution is -2.21. The summed E-state index contributed by atoms with van der Waals surface area (Å²) >= 11 is 52.9. The SMILES string of the molecule is Nc1ccc2c(c1)C(=O)c1ccccc1-2.O=C(Cc1ccc2c(c1)C(O)c1ccccc1-2)C(Cl)(Cl)Cl.O=C(Cl)C(Cl)(Cl)Cl.O=C1c2ccccc2-c2ccc(CC(=O)C(Cl)(Cl)Cl)cc21. The van der Waals surface area contributed by atoms with E-state index in [0.29, 0.717) is 22.4 Å². The number of Topliss-reactive ketones (excluding diaryl/α,β-unsaturated/α-hetero) is 2. The molecule has 3 aliphatic carbocycles. The molecule has 0 spiro atoms. The molecule has 0 aliphatic heterocycles. The van der Waals surface area contributed by atoms with Crippen LogP contribution in [0.25, 0.3) is 33.4 Å². The molecular weight excluding hydrogens is 1030 g/mol. The predicted molar refractivity (Wildman–Crippen MR) is 260 cm³/mol. The highest BCUT2D eigenvalue weighted by Gasteiger charge is 2.33. The standard InChI is InChI=1S/C16H11Cl3O2.C16H9Cl3O2.C13H9NO.C2Cl4O/c2*17-16(18,19)14(20)8-9-5-6-11-10-3-1-2-4-12(10)15(21)13(11)7-9;14-8-5-6-10-9-3-1-2-4-11(9)13(15)12(10)7-8;3-1(7)2(4,5)6/h1-7,15,21H,8H2;1-7H,8H2;1-7H,14H2;. The van der Waals surface area contributed by atoms with E-state index in [2.05, 4.69) is 0 Å². The third kappa shape index (κ3) is 11.3. The van der Waals surface area contributed by atoms with Gasteiger partial charge in [-0.2, -0.15) is 0 Å². The molecule has 3 aliphatic rings. The smallest absolute Gasteiger partial charge is 0.273 e. The van der Waals surface area contributed by atoms with E-state index in [-0.39, 0.29) is 24.4 Å². The number of rotatable bonds is 4. The summed E-state index contributed by atoms with van der Waals surface area (Å²) in [5.41, 5.74) is 17.9. The first-order chi connectivity index (χ1) is 30.0. The minimum Gasteiger partial charge on any atom is -0.399 e. The Balaban J connectivity index is 0.000000150. The molecule has 6 aromatic carbocycles. The molecule has 0 bridgehead atoms. The van der Waals surface area contributed by atoms with Crippen molar-refractivity contribution in [1.82, 2.24) is 0 Å². The average Bonchev–Trinajstić information content (AvgIpc) is 3.80. The summed E-state index contributed by atoms with van der Waals surface area (Å²) in [5, 5.41) is 9.40. The van der Waals surface area contributed by atoms with Gasteiger partial charge < -0.3 is 10.8 Å². The maximum atomic E-state index is 12.4. The van der Waals surface area contributed by atoms with Crippen molar-refractivity contribution in [1.29, 1.82) is 0 Å². The van der Waals surface area contributed by atoms with E-state index in [4.69, 9.17) is 122 Å². The number of aliphatic hydroxyl groups is 1. The van der Waals surface area contributed by atoms with Gasteiger partial charge in [-0.3, -0.25) is 24.0 Å². The summed E-state index contributed by atoms with van der Waals surface area (Å²) in [6.45, 7) is 0. The van der Waals surface area contributed by atoms with Gasteiger partial charge in [0.1, 0.15) is 6.10 Å². The number of hydrogen-bond donors (Lipinski definition) is 2. The second-order valence-electron chi connectivity index (χ2n) is 14.3. The van der Waals surface area contributed by atoms with Gasteiger partial charge in [0.15, 0.2) is 23.1 Å². The Hall–Kier alpha value is -3.67. The predicted octanol–water partition coefficient (Wildman–Crippen LogP) is 13.2. The molecule has 17 heteroatoms. The number of carbonyl (C=O) groups is 5. The summed E-state index contributed by atoms with van der Waals surface area (Å²) in [6.07, 6.45) is -0.681. The van der Waals surface area contributed by atoms with Crippen molar-refractivity contribution in [3.8, 4) is 33.4 Å². The molecule has 0 saturated carbocycles. The van der Waals surface area contributed by atoms with E-state index >= 15 is 0 Å². The number of anilines is 1. The monoisotopic (exact) mass is 1050 g/mol. The van der Waals surface area contributed by atoms with Crippen molar-refractivity contribution < 1.29 is 29.1 Å². The Morgan fingerprint density at radius 2 is 0.812 bits per heavy atom. The van der Waals surface area contributed by atoms with Gasteiger partial charge in [-0.05, 0) is 85.4 Å².